The summed E-state index contributed by atoms with van der Waals surface area (Å²) in [5, 5.41) is 21.2. The standard InChI is InChI=1S/C21H17Cl2FN2O4/c22-17-19(18(23)21(26-20(17)24)25-10-4-7-16(28)29)30-13-8-9-15(27)14(11-13)12-5-2-1-3-6-12/h1-3,5-6,8-9,11,27H,4,7,10H2,(H,25,26)(H,28,29). The number of anilines is 1. The second-order valence-electron chi connectivity index (χ2n) is 6.28. The number of phenolic OH excluding ortho intramolecular Hbond substituents is 1. The van der Waals surface area contributed by atoms with Gasteiger partial charge in [-0.1, -0.05) is 53.5 Å². The molecule has 0 bridgehead atoms. The Bertz CT molecular complexity index is 1060. The van der Waals surface area contributed by atoms with Gasteiger partial charge in [-0.15, -0.1) is 0 Å². The molecule has 0 aliphatic carbocycles. The molecule has 0 radical (unpaired) electrons. The van der Waals surface area contributed by atoms with E-state index in [1.54, 1.807) is 6.07 Å². The Kier molecular flexibility index (Phi) is 6.97. The molecule has 1 heterocycles. The number of ether oxygens (including phenoxy) is 1. The van der Waals surface area contributed by atoms with Crippen molar-refractivity contribution in [2.75, 3.05) is 11.9 Å². The fourth-order valence-corrected chi connectivity index (χ4v) is 3.16. The van der Waals surface area contributed by atoms with Crippen LogP contribution in [0.15, 0.2) is 48.5 Å². The number of carboxylic acid groups (broad SMARTS) is 1. The predicted octanol–water partition coefficient (Wildman–Crippen LogP) is 5.97. The van der Waals surface area contributed by atoms with E-state index in [1.165, 1.54) is 12.1 Å². The molecule has 0 unspecified atom stereocenters. The maximum Gasteiger partial charge on any atom is 0.303 e. The smallest absolute Gasteiger partial charge is 0.303 e. The van der Waals surface area contributed by atoms with Crippen LogP contribution in [0.1, 0.15) is 12.8 Å². The fourth-order valence-electron chi connectivity index (χ4n) is 2.69. The topological polar surface area (TPSA) is 91.7 Å². The summed E-state index contributed by atoms with van der Waals surface area (Å²) in [4.78, 5) is 14.3. The van der Waals surface area contributed by atoms with Crippen LogP contribution >= 0.6 is 23.2 Å². The highest BCUT2D eigenvalue weighted by Crippen LogP contribution is 2.42. The molecule has 0 saturated heterocycles. The van der Waals surface area contributed by atoms with Crippen LogP contribution in [0.4, 0.5) is 10.2 Å². The van der Waals surface area contributed by atoms with Gasteiger partial charge in [-0.25, -0.2) is 0 Å². The van der Waals surface area contributed by atoms with E-state index in [4.69, 9.17) is 33.0 Å². The number of pyridine rings is 1. The molecular weight excluding hydrogens is 434 g/mol. The van der Waals surface area contributed by atoms with Crippen molar-refractivity contribution in [3.8, 4) is 28.4 Å². The minimum absolute atomic E-state index is 0.0129. The molecule has 0 aliphatic rings. The third kappa shape index (κ3) is 5.11. The molecule has 0 aliphatic heterocycles. The summed E-state index contributed by atoms with van der Waals surface area (Å²) >= 11 is 12.3. The Balaban J connectivity index is 1.88. The number of aliphatic carboxylic acids is 1. The summed E-state index contributed by atoms with van der Waals surface area (Å²) in [5.74, 6) is -1.76. The second-order valence-corrected chi connectivity index (χ2v) is 7.04. The molecule has 0 saturated carbocycles. The summed E-state index contributed by atoms with van der Waals surface area (Å²) in [7, 11) is 0. The monoisotopic (exact) mass is 450 g/mol. The summed E-state index contributed by atoms with van der Waals surface area (Å²) < 4.78 is 19.9. The maximum absolute atomic E-state index is 14.2. The Morgan fingerprint density at radius 1 is 1.13 bits per heavy atom. The number of aromatic nitrogens is 1. The van der Waals surface area contributed by atoms with Crippen LogP contribution in [0.5, 0.6) is 17.2 Å². The normalized spacial score (nSPS) is 10.6. The van der Waals surface area contributed by atoms with Gasteiger partial charge in [0.05, 0.1) is 0 Å². The number of nitrogens with one attached hydrogen (secondary N) is 1. The quantitative estimate of drug-likeness (QED) is 0.289. The van der Waals surface area contributed by atoms with E-state index in [0.717, 1.165) is 5.56 Å². The average Bonchev–Trinajstić information content (AvgIpc) is 2.73. The van der Waals surface area contributed by atoms with Crippen molar-refractivity contribution in [3.63, 3.8) is 0 Å². The molecule has 9 heteroatoms. The molecule has 156 valence electrons. The van der Waals surface area contributed by atoms with Crippen molar-refractivity contribution in [2.45, 2.75) is 12.8 Å². The lowest BCUT2D eigenvalue weighted by molar-refractivity contribution is -0.137. The van der Waals surface area contributed by atoms with Gasteiger partial charge >= 0.3 is 5.97 Å². The zero-order valence-electron chi connectivity index (χ0n) is 15.5. The molecule has 0 spiro atoms. The Morgan fingerprint density at radius 3 is 2.57 bits per heavy atom. The van der Waals surface area contributed by atoms with Crippen molar-refractivity contribution in [1.29, 1.82) is 0 Å². The Labute approximate surface area is 181 Å². The number of carboxylic acids is 1. The highest BCUT2D eigenvalue weighted by Gasteiger charge is 2.20. The van der Waals surface area contributed by atoms with Crippen LogP contribution in [0.25, 0.3) is 11.1 Å². The van der Waals surface area contributed by atoms with Gasteiger partial charge in [0.1, 0.15) is 21.5 Å². The van der Waals surface area contributed by atoms with E-state index in [2.05, 4.69) is 10.3 Å². The largest absolute Gasteiger partial charge is 0.507 e. The maximum atomic E-state index is 14.2. The number of rotatable bonds is 8. The number of hydrogen-bond acceptors (Lipinski definition) is 5. The van der Waals surface area contributed by atoms with Gasteiger partial charge in [0, 0.05) is 18.5 Å². The Hall–Kier alpha value is -3.03. The van der Waals surface area contributed by atoms with E-state index in [9.17, 15) is 14.3 Å². The highest BCUT2D eigenvalue weighted by atomic mass is 35.5. The molecule has 0 fully saturated rings. The second kappa shape index (κ2) is 9.65. The van der Waals surface area contributed by atoms with Gasteiger partial charge in [0.15, 0.2) is 11.6 Å². The van der Waals surface area contributed by atoms with Gasteiger partial charge in [-0.3, -0.25) is 4.79 Å². The zero-order valence-corrected chi connectivity index (χ0v) is 17.0. The van der Waals surface area contributed by atoms with Gasteiger partial charge in [-0.05, 0) is 30.2 Å². The van der Waals surface area contributed by atoms with Crippen LogP contribution in [0.2, 0.25) is 10.0 Å². The van der Waals surface area contributed by atoms with Crippen molar-refractivity contribution < 1.29 is 24.1 Å². The molecule has 0 amide bonds. The van der Waals surface area contributed by atoms with Crippen LogP contribution in [0, 0.1) is 5.95 Å². The van der Waals surface area contributed by atoms with Crippen molar-refractivity contribution in [2.24, 2.45) is 0 Å². The molecule has 3 N–H and O–H groups in total. The van der Waals surface area contributed by atoms with E-state index >= 15 is 0 Å². The first-order valence-corrected chi connectivity index (χ1v) is 9.69. The van der Waals surface area contributed by atoms with Gasteiger partial charge in [0.2, 0.25) is 5.95 Å². The molecule has 6 nitrogen and oxygen atoms in total. The summed E-state index contributed by atoms with van der Waals surface area (Å²) in [6.45, 7) is 0.219. The minimum atomic E-state index is -0.987. The zero-order chi connectivity index (χ0) is 21.7. The number of benzene rings is 2. The number of hydrogen-bond donors (Lipinski definition) is 3. The number of halogens is 3. The summed E-state index contributed by atoms with van der Waals surface area (Å²) in [6.07, 6.45) is 0.242. The molecule has 3 rings (SSSR count). The average molecular weight is 451 g/mol. The summed E-state index contributed by atoms with van der Waals surface area (Å²) in [6, 6.07) is 13.7. The predicted molar refractivity (Wildman–Crippen MR) is 113 cm³/mol. The van der Waals surface area contributed by atoms with E-state index < -0.39 is 16.9 Å². The highest BCUT2D eigenvalue weighted by molar-refractivity contribution is 6.38. The van der Waals surface area contributed by atoms with Crippen molar-refractivity contribution >= 4 is 35.0 Å². The first-order chi connectivity index (χ1) is 14.4. The molecule has 3 aromatic rings. The van der Waals surface area contributed by atoms with Crippen LogP contribution in [-0.4, -0.2) is 27.7 Å². The van der Waals surface area contributed by atoms with Crippen molar-refractivity contribution in [3.05, 3.63) is 64.5 Å². The molecule has 30 heavy (non-hydrogen) atoms. The third-order valence-corrected chi connectivity index (χ3v) is 4.81. The van der Waals surface area contributed by atoms with Gasteiger partial charge < -0.3 is 20.3 Å². The molecule has 1 aromatic heterocycles. The SMILES string of the molecule is O=C(O)CCCNc1nc(F)c(Cl)c(Oc2ccc(O)c(-c3ccccc3)c2)c1Cl. The molecular formula is C21H17Cl2FN2O4. The minimum Gasteiger partial charge on any atom is -0.507 e. The van der Waals surface area contributed by atoms with Gasteiger partial charge in [-0.2, -0.15) is 9.37 Å². The molecule has 2 aromatic carbocycles. The van der Waals surface area contributed by atoms with E-state index in [-0.39, 0.29) is 41.1 Å². The van der Waals surface area contributed by atoms with Crippen molar-refractivity contribution in [1.82, 2.24) is 4.98 Å². The summed E-state index contributed by atoms with van der Waals surface area (Å²) in [5.41, 5.74) is 1.28. The lowest BCUT2D eigenvalue weighted by atomic mass is 10.0. The molecule has 0 atom stereocenters. The fraction of sp³-hybridized carbons (Fsp3) is 0.143. The van der Waals surface area contributed by atoms with Crippen LogP contribution in [-0.2, 0) is 4.79 Å². The van der Waals surface area contributed by atoms with E-state index in [0.29, 0.717) is 12.0 Å². The van der Waals surface area contributed by atoms with E-state index in [1.807, 2.05) is 30.3 Å². The third-order valence-electron chi connectivity index (χ3n) is 4.13. The van der Waals surface area contributed by atoms with Crippen LogP contribution in [0.3, 0.4) is 0 Å². The first-order valence-electron chi connectivity index (χ1n) is 8.93. The Morgan fingerprint density at radius 2 is 1.87 bits per heavy atom. The first kappa shape index (κ1) is 21.7. The number of nitrogens with zero attached hydrogens (tertiary/aromatic N) is 1. The lowest BCUT2D eigenvalue weighted by Gasteiger charge is -2.15. The number of phenols is 1. The van der Waals surface area contributed by atoms with Crippen LogP contribution < -0.4 is 10.1 Å². The number of aromatic hydroxyl groups is 1. The lowest BCUT2D eigenvalue weighted by Crippen LogP contribution is -2.08. The number of carbonyl (C=O) groups is 1. The van der Waals surface area contributed by atoms with Gasteiger partial charge in [0.25, 0.3) is 0 Å².